The Morgan fingerprint density at radius 2 is 1.93 bits per heavy atom. The lowest BCUT2D eigenvalue weighted by Gasteiger charge is -2.20. The lowest BCUT2D eigenvalue weighted by atomic mass is 9.93. The Balaban J connectivity index is 3.33. The van der Waals surface area contributed by atoms with Crippen LogP contribution in [0, 0.1) is 20.2 Å². The van der Waals surface area contributed by atoms with Crippen LogP contribution in [0.2, 0.25) is 0 Å². The molecule has 0 bridgehead atoms. The Morgan fingerprint density at radius 1 is 1.40 bits per heavy atom. The Hall–Kier alpha value is -1.86. The average Bonchev–Trinajstić information content (AvgIpc) is 2.08. The van der Waals surface area contributed by atoms with E-state index in [0.717, 1.165) is 6.92 Å². The van der Waals surface area contributed by atoms with E-state index >= 15 is 0 Å². The third-order valence-electron chi connectivity index (χ3n) is 1.96. The molecule has 0 saturated carbocycles. The highest BCUT2D eigenvalue weighted by molar-refractivity contribution is 5.30. The maximum atomic E-state index is 13.3. The zero-order valence-electron chi connectivity index (χ0n) is 7.52. The molecule has 1 aliphatic rings. The average molecular weight is 220 g/mol. The topological polar surface area (TPSA) is 86.3 Å². The van der Waals surface area contributed by atoms with E-state index in [9.17, 15) is 29.0 Å². The first-order valence-electron chi connectivity index (χ1n) is 3.82. The first kappa shape index (κ1) is 11.2. The second-order valence-corrected chi connectivity index (χ2v) is 3.13. The van der Waals surface area contributed by atoms with Crippen molar-refractivity contribution < 1.29 is 18.6 Å². The van der Waals surface area contributed by atoms with Crippen LogP contribution in [-0.4, -0.2) is 21.7 Å². The SMILES string of the molecule is CC1(F)C=CC([N+](=O)[O-])=C([N+](=O)[O-])C1F. The molecule has 6 nitrogen and oxygen atoms in total. The van der Waals surface area contributed by atoms with Crippen molar-refractivity contribution in [3.8, 4) is 0 Å². The van der Waals surface area contributed by atoms with Gasteiger partial charge in [0, 0.05) is 6.08 Å². The Kier molecular flexibility index (Phi) is 2.52. The standard InChI is InChI=1S/C7H6F2N2O4/c1-7(9)3-2-4(10(12)13)5(6(7)8)11(14)15/h2-3,6H,1H3. The van der Waals surface area contributed by atoms with Crippen LogP contribution in [0.25, 0.3) is 0 Å². The summed E-state index contributed by atoms with van der Waals surface area (Å²) in [6, 6.07) is 0. The number of nitrogens with zero attached hydrogens (tertiary/aromatic N) is 2. The summed E-state index contributed by atoms with van der Waals surface area (Å²) >= 11 is 0. The molecule has 82 valence electrons. The molecule has 1 aliphatic carbocycles. The van der Waals surface area contributed by atoms with Crippen molar-refractivity contribution in [2.75, 3.05) is 0 Å². The third kappa shape index (κ3) is 1.83. The predicted octanol–water partition coefficient (Wildman–Crippen LogP) is 1.39. The van der Waals surface area contributed by atoms with Gasteiger partial charge in [0.2, 0.25) is 6.17 Å². The molecule has 0 aromatic carbocycles. The molecule has 1 rings (SSSR count). The number of alkyl halides is 2. The lowest BCUT2D eigenvalue weighted by Crippen LogP contribution is -2.37. The van der Waals surface area contributed by atoms with Gasteiger partial charge in [-0.2, -0.15) is 0 Å². The number of hydrogen-bond donors (Lipinski definition) is 0. The molecule has 0 aromatic rings. The number of halogens is 2. The molecule has 0 N–H and O–H groups in total. The number of hydrogen-bond acceptors (Lipinski definition) is 4. The Morgan fingerprint density at radius 3 is 2.33 bits per heavy atom. The van der Waals surface area contributed by atoms with Gasteiger partial charge in [-0.25, -0.2) is 8.78 Å². The largest absolute Gasteiger partial charge is 0.360 e. The molecule has 2 unspecified atom stereocenters. The fourth-order valence-electron chi connectivity index (χ4n) is 1.15. The van der Waals surface area contributed by atoms with Gasteiger partial charge in [-0.15, -0.1) is 0 Å². The maximum absolute atomic E-state index is 13.3. The number of rotatable bonds is 2. The van der Waals surface area contributed by atoms with E-state index in [1.165, 1.54) is 0 Å². The first-order valence-corrected chi connectivity index (χ1v) is 3.82. The van der Waals surface area contributed by atoms with Gasteiger partial charge in [0.1, 0.15) is 0 Å². The van der Waals surface area contributed by atoms with E-state index in [2.05, 4.69) is 0 Å². The van der Waals surface area contributed by atoms with Gasteiger partial charge < -0.3 is 0 Å². The quantitative estimate of drug-likeness (QED) is 0.519. The highest BCUT2D eigenvalue weighted by atomic mass is 19.2. The summed E-state index contributed by atoms with van der Waals surface area (Å²) in [5, 5.41) is 20.7. The summed E-state index contributed by atoms with van der Waals surface area (Å²) in [7, 11) is 0. The molecule has 0 heterocycles. The summed E-state index contributed by atoms with van der Waals surface area (Å²) < 4.78 is 26.5. The minimum atomic E-state index is -2.64. The van der Waals surface area contributed by atoms with Gasteiger partial charge in [0.15, 0.2) is 5.67 Å². The van der Waals surface area contributed by atoms with Crippen LogP contribution in [0.1, 0.15) is 6.92 Å². The molecule has 0 radical (unpaired) electrons. The monoisotopic (exact) mass is 220 g/mol. The van der Waals surface area contributed by atoms with E-state index in [4.69, 9.17) is 0 Å². The van der Waals surface area contributed by atoms with Crippen molar-refractivity contribution in [2.24, 2.45) is 0 Å². The summed E-state index contributed by atoms with van der Waals surface area (Å²) in [5.41, 5.74) is -4.97. The van der Waals surface area contributed by atoms with E-state index in [1.807, 2.05) is 0 Å². The van der Waals surface area contributed by atoms with E-state index in [-0.39, 0.29) is 0 Å². The smallest absolute Gasteiger partial charge is 0.258 e. The number of allylic oxidation sites excluding steroid dienone is 3. The van der Waals surface area contributed by atoms with Crippen molar-refractivity contribution in [3.63, 3.8) is 0 Å². The fraction of sp³-hybridized carbons (Fsp3) is 0.429. The van der Waals surface area contributed by atoms with E-state index < -0.39 is 33.1 Å². The molecule has 8 heteroatoms. The third-order valence-corrected chi connectivity index (χ3v) is 1.96. The number of nitro groups is 2. The second kappa shape index (κ2) is 3.37. The van der Waals surface area contributed by atoms with Crippen molar-refractivity contribution in [3.05, 3.63) is 43.8 Å². The molecule has 0 aliphatic heterocycles. The van der Waals surface area contributed by atoms with Crippen LogP contribution in [0.5, 0.6) is 0 Å². The first-order chi connectivity index (χ1) is 6.77. The van der Waals surface area contributed by atoms with Gasteiger partial charge >= 0.3 is 11.4 Å². The van der Waals surface area contributed by atoms with Crippen molar-refractivity contribution in [1.82, 2.24) is 0 Å². The highest BCUT2D eigenvalue weighted by Gasteiger charge is 2.49. The maximum Gasteiger partial charge on any atom is 0.360 e. The summed E-state index contributed by atoms with van der Waals surface area (Å²) in [6.45, 7) is 0.772. The summed E-state index contributed by atoms with van der Waals surface area (Å²) in [6.07, 6.45) is -1.44. The van der Waals surface area contributed by atoms with Crippen LogP contribution < -0.4 is 0 Å². The van der Waals surface area contributed by atoms with Crippen molar-refractivity contribution in [2.45, 2.75) is 18.8 Å². The van der Waals surface area contributed by atoms with E-state index in [1.54, 1.807) is 0 Å². The molecule has 0 amide bonds. The van der Waals surface area contributed by atoms with E-state index in [0.29, 0.717) is 12.2 Å². The van der Waals surface area contributed by atoms with Crippen molar-refractivity contribution >= 4 is 0 Å². The molecule has 0 fully saturated rings. The van der Waals surface area contributed by atoms with Crippen LogP contribution in [0.4, 0.5) is 8.78 Å². The minimum Gasteiger partial charge on any atom is -0.258 e. The summed E-state index contributed by atoms with van der Waals surface area (Å²) in [4.78, 5) is 18.3. The Bertz CT molecular complexity index is 388. The summed E-state index contributed by atoms with van der Waals surface area (Å²) in [5.74, 6) is 0. The zero-order valence-corrected chi connectivity index (χ0v) is 7.52. The van der Waals surface area contributed by atoms with Crippen LogP contribution in [0.15, 0.2) is 23.5 Å². The van der Waals surface area contributed by atoms with Gasteiger partial charge in [0.05, 0.1) is 9.85 Å². The van der Waals surface area contributed by atoms with Crippen LogP contribution >= 0.6 is 0 Å². The van der Waals surface area contributed by atoms with Gasteiger partial charge in [0.25, 0.3) is 0 Å². The molecule has 0 aromatic heterocycles. The minimum absolute atomic E-state index is 0.600. The molecule has 0 saturated heterocycles. The molecular weight excluding hydrogens is 214 g/mol. The highest BCUT2D eigenvalue weighted by Crippen LogP contribution is 2.33. The lowest BCUT2D eigenvalue weighted by molar-refractivity contribution is -0.475. The molecular formula is C7H6F2N2O4. The van der Waals surface area contributed by atoms with Gasteiger partial charge in [-0.05, 0) is 13.0 Å². The molecule has 15 heavy (non-hydrogen) atoms. The predicted molar refractivity (Wildman–Crippen MR) is 44.6 cm³/mol. The molecule has 2 atom stereocenters. The van der Waals surface area contributed by atoms with Gasteiger partial charge in [-0.1, -0.05) is 0 Å². The van der Waals surface area contributed by atoms with Gasteiger partial charge in [-0.3, -0.25) is 20.2 Å². The van der Waals surface area contributed by atoms with Crippen LogP contribution in [-0.2, 0) is 0 Å². The van der Waals surface area contributed by atoms with Crippen LogP contribution in [0.3, 0.4) is 0 Å². The van der Waals surface area contributed by atoms with Crippen molar-refractivity contribution in [1.29, 1.82) is 0 Å². The normalized spacial score (nSPS) is 30.5. The zero-order chi connectivity index (χ0) is 11.8. The second-order valence-electron chi connectivity index (χ2n) is 3.13. The Labute approximate surface area is 82.2 Å². The fourth-order valence-corrected chi connectivity index (χ4v) is 1.15. The molecule has 0 spiro atoms.